The zero-order chi connectivity index (χ0) is 12.0. The van der Waals surface area contributed by atoms with Crippen molar-refractivity contribution in [1.82, 2.24) is 9.55 Å². The molecular weight excluding hydrogens is 234 g/mol. The van der Waals surface area contributed by atoms with E-state index in [0.717, 1.165) is 17.6 Å². The molecule has 3 rings (SSSR count). The van der Waals surface area contributed by atoms with E-state index in [-0.39, 0.29) is 0 Å². The van der Waals surface area contributed by atoms with Gasteiger partial charge >= 0.3 is 0 Å². The summed E-state index contributed by atoms with van der Waals surface area (Å²) in [6.07, 6.45) is 3.81. The van der Waals surface area contributed by atoms with Gasteiger partial charge in [-0.15, -0.1) is 0 Å². The number of rotatable bonds is 3. The van der Waals surface area contributed by atoms with E-state index in [1.54, 1.807) is 0 Å². The van der Waals surface area contributed by atoms with Crippen LogP contribution >= 0.6 is 11.6 Å². The number of hydrogen-bond donors (Lipinski definition) is 1. The topological polar surface area (TPSA) is 43.8 Å². The van der Waals surface area contributed by atoms with Crippen molar-refractivity contribution in [2.24, 2.45) is 5.41 Å². The Hall–Kier alpha value is -1.22. The van der Waals surface area contributed by atoms with Crippen LogP contribution < -0.4 is 5.73 Å². The van der Waals surface area contributed by atoms with Crippen LogP contribution in [0.25, 0.3) is 11.0 Å². The van der Waals surface area contributed by atoms with E-state index in [1.807, 2.05) is 18.2 Å². The fraction of sp³-hybridized carbons (Fsp3) is 0.462. The third-order valence-electron chi connectivity index (χ3n) is 3.94. The molecule has 4 heteroatoms. The molecule has 0 unspecified atom stereocenters. The van der Waals surface area contributed by atoms with Crippen LogP contribution in [0.3, 0.4) is 0 Å². The van der Waals surface area contributed by atoms with Gasteiger partial charge < -0.3 is 10.3 Å². The van der Waals surface area contributed by atoms with Gasteiger partial charge in [0, 0.05) is 11.6 Å². The summed E-state index contributed by atoms with van der Waals surface area (Å²) in [5.41, 5.74) is 8.44. The molecular formula is C13H16ClN3. The normalized spacial score (nSPS) is 17.5. The van der Waals surface area contributed by atoms with Crippen molar-refractivity contribution in [2.75, 3.05) is 5.73 Å². The molecule has 1 aromatic carbocycles. The van der Waals surface area contributed by atoms with Gasteiger partial charge in [0.25, 0.3) is 0 Å². The van der Waals surface area contributed by atoms with E-state index in [2.05, 4.69) is 16.5 Å². The number of imidazole rings is 1. The first-order valence-electron chi connectivity index (χ1n) is 6.05. The van der Waals surface area contributed by atoms with Crippen molar-refractivity contribution in [3.63, 3.8) is 0 Å². The Kier molecular flexibility index (Phi) is 2.33. The van der Waals surface area contributed by atoms with Crippen molar-refractivity contribution in [3.05, 3.63) is 23.2 Å². The SMILES string of the molecule is CCC1(Cn2c(N)nc3cc(Cl)ccc32)CC1. The van der Waals surface area contributed by atoms with Crippen LogP contribution in [0.15, 0.2) is 18.2 Å². The lowest BCUT2D eigenvalue weighted by Gasteiger charge is -2.14. The first kappa shape index (κ1) is 10.9. The molecule has 0 bridgehead atoms. The van der Waals surface area contributed by atoms with Crippen LogP contribution in [-0.4, -0.2) is 9.55 Å². The summed E-state index contributed by atoms with van der Waals surface area (Å²) in [6, 6.07) is 5.77. The maximum absolute atomic E-state index is 6.00. The molecule has 3 nitrogen and oxygen atoms in total. The predicted molar refractivity (Wildman–Crippen MR) is 71.1 cm³/mol. The highest BCUT2D eigenvalue weighted by Crippen LogP contribution is 2.50. The zero-order valence-corrected chi connectivity index (χ0v) is 10.7. The number of nitrogens with two attached hydrogens (primary N) is 1. The molecule has 2 N–H and O–H groups in total. The van der Waals surface area contributed by atoms with E-state index in [4.69, 9.17) is 17.3 Å². The van der Waals surface area contributed by atoms with Crippen LogP contribution in [0, 0.1) is 5.41 Å². The van der Waals surface area contributed by atoms with Gasteiger partial charge in [0.1, 0.15) is 0 Å². The molecule has 1 aromatic heterocycles. The molecule has 0 atom stereocenters. The highest BCUT2D eigenvalue weighted by molar-refractivity contribution is 6.31. The predicted octanol–water partition coefficient (Wildman–Crippen LogP) is 3.46. The minimum atomic E-state index is 0.460. The van der Waals surface area contributed by atoms with Gasteiger partial charge in [-0.05, 0) is 42.9 Å². The molecule has 1 fully saturated rings. The summed E-state index contributed by atoms with van der Waals surface area (Å²) < 4.78 is 2.13. The van der Waals surface area contributed by atoms with Gasteiger partial charge in [-0.2, -0.15) is 0 Å². The lowest BCUT2D eigenvalue weighted by molar-refractivity contribution is 0.418. The van der Waals surface area contributed by atoms with Crippen LogP contribution in [0.5, 0.6) is 0 Å². The van der Waals surface area contributed by atoms with E-state index in [1.165, 1.54) is 19.3 Å². The number of nitrogen functional groups attached to an aromatic ring is 1. The number of fused-ring (bicyclic) bond motifs is 1. The standard InChI is InChI=1S/C13H16ClN3/c1-2-13(5-6-13)8-17-11-4-3-9(14)7-10(11)16-12(17)15/h3-4,7H,2,5-6,8H2,1H3,(H2,15,16). The summed E-state index contributed by atoms with van der Waals surface area (Å²) >= 11 is 5.96. The van der Waals surface area contributed by atoms with Crippen molar-refractivity contribution in [2.45, 2.75) is 32.7 Å². The summed E-state index contributed by atoms with van der Waals surface area (Å²) in [5, 5.41) is 0.707. The van der Waals surface area contributed by atoms with Gasteiger partial charge in [-0.1, -0.05) is 18.5 Å². The average Bonchev–Trinajstić information content (AvgIpc) is 3.01. The fourth-order valence-corrected chi connectivity index (χ4v) is 2.59. The van der Waals surface area contributed by atoms with E-state index in [9.17, 15) is 0 Å². The lowest BCUT2D eigenvalue weighted by Crippen LogP contribution is -2.12. The zero-order valence-electron chi connectivity index (χ0n) is 9.91. The molecule has 1 saturated carbocycles. The molecule has 17 heavy (non-hydrogen) atoms. The van der Waals surface area contributed by atoms with Crippen molar-refractivity contribution >= 4 is 28.6 Å². The Morgan fingerprint density at radius 3 is 2.88 bits per heavy atom. The molecule has 1 aliphatic carbocycles. The van der Waals surface area contributed by atoms with Crippen LogP contribution in [0.1, 0.15) is 26.2 Å². The second-order valence-electron chi connectivity index (χ2n) is 5.04. The van der Waals surface area contributed by atoms with E-state index >= 15 is 0 Å². The highest BCUT2D eigenvalue weighted by atomic mass is 35.5. The Balaban J connectivity index is 2.06. The summed E-state index contributed by atoms with van der Waals surface area (Å²) in [7, 11) is 0. The fourth-order valence-electron chi connectivity index (χ4n) is 2.42. The Morgan fingerprint density at radius 1 is 1.47 bits per heavy atom. The summed E-state index contributed by atoms with van der Waals surface area (Å²) in [4.78, 5) is 4.38. The molecule has 0 aliphatic heterocycles. The first-order chi connectivity index (χ1) is 8.13. The van der Waals surface area contributed by atoms with Crippen molar-refractivity contribution in [3.8, 4) is 0 Å². The monoisotopic (exact) mass is 249 g/mol. The number of halogens is 1. The molecule has 1 aliphatic rings. The molecule has 0 spiro atoms. The first-order valence-corrected chi connectivity index (χ1v) is 6.43. The van der Waals surface area contributed by atoms with E-state index in [0.29, 0.717) is 16.4 Å². The quantitative estimate of drug-likeness (QED) is 0.905. The molecule has 1 heterocycles. The lowest BCUT2D eigenvalue weighted by atomic mass is 10.0. The number of benzene rings is 1. The number of aromatic nitrogens is 2. The Bertz CT molecular complexity index is 569. The van der Waals surface area contributed by atoms with Crippen LogP contribution in [0.4, 0.5) is 5.95 Å². The maximum Gasteiger partial charge on any atom is 0.201 e. The van der Waals surface area contributed by atoms with Crippen molar-refractivity contribution < 1.29 is 0 Å². The summed E-state index contributed by atoms with van der Waals surface area (Å²) in [6.45, 7) is 3.23. The highest BCUT2D eigenvalue weighted by Gasteiger charge is 2.41. The third kappa shape index (κ3) is 1.78. The van der Waals surface area contributed by atoms with E-state index < -0.39 is 0 Å². The Morgan fingerprint density at radius 2 is 2.24 bits per heavy atom. The molecule has 0 saturated heterocycles. The van der Waals surface area contributed by atoms with Crippen LogP contribution in [-0.2, 0) is 6.54 Å². The molecule has 90 valence electrons. The summed E-state index contributed by atoms with van der Waals surface area (Å²) in [5.74, 6) is 0.599. The van der Waals surface area contributed by atoms with Crippen LogP contribution in [0.2, 0.25) is 5.02 Å². The largest absolute Gasteiger partial charge is 0.369 e. The molecule has 0 amide bonds. The second kappa shape index (κ2) is 3.64. The van der Waals surface area contributed by atoms with Gasteiger partial charge in [0.15, 0.2) is 0 Å². The van der Waals surface area contributed by atoms with Gasteiger partial charge in [0.05, 0.1) is 11.0 Å². The number of nitrogens with zero attached hydrogens (tertiary/aromatic N) is 2. The maximum atomic E-state index is 6.00. The van der Waals surface area contributed by atoms with Gasteiger partial charge in [0.2, 0.25) is 5.95 Å². The molecule has 2 aromatic rings. The Labute approximate surface area is 106 Å². The second-order valence-corrected chi connectivity index (χ2v) is 5.48. The molecule has 0 radical (unpaired) electrons. The third-order valence-corrected chi connectivity index (χ3v) is 4.18. The van der Waals surface area contributed by atoms with Gasteiger partial charge in [-0.25, -0.2) is 4.98 Å². The minimum absolute atomic E-state index is 0.460. The number of hydrogen-bond acceptors (Lipinski definition) is 2. The minimum Gasteiger partial charge on any atom is -0.369 e. The van der Waals surface area contributed by atoms with Crippen molar-refractivity contribution in [1.29, 1.82) is 0 Å². The average molecular weight is 250 g/mol. The number of anilines is 1. The smallest absolute Gasteiger partial charge is 0.201 e. The van der Waals surface area contributed by atoms with Gasteiger partial charge in [-0.3, -0.25) is 0 Å².